The van der Waals surface area contributed by atoms with Crippen molar-refractivity contribution < 1.29 is 27.6 Å². The van der Waals surface area contributed by atoms with Crippen molar-refractivity contribution in [3.63, 3.8) is 0 Å². The molecule has 0 aliphatic carbocycles. The van der Waals surface area contributed by atoms with Crippen LogP contribution in [0.1, 0.15) is 28.1 Å². The van der Waals surface area contributed by atoms with Gasteiger partial charge in [0.15, 0.2) is 4.90 Å². The second-order valence-corrected chi connectivity index (χ2v) is 11.9. The van der Waals surface area contributed by atoms with Gasteiger partial charge in [0, 0.05) is 34.8 Å². The number of benzene rings is 3. The summed E-state index contributed by atoms with van der Waals surface area (Å²) >= 11 is 0. The normalized spacial score (nSPS) is 11.4. The highest BCUT2D eigenvalue weighted by Crippen LogP contribution is 2.37. The van der Waals surface area contributed by atoms with Gasteiger partial charge in [-0.2, -0.15) is 5.10 Å². The number of nitro benzene ring substituents is 1. The Labute approximate surface area is 255 Å². The Morgan fingerprint density at radius 3 is 2.41 bits per heavy atom. The zero-order valence-corrected chi connectivity index (χ0v) is 26.0. The van der Waals surface area contributed by atoms with Crippen molar-refractivity contribution in [2.24, 2.45) is 5.10 Å². The molecular weight excluding hydrogens is 586 g/mol. The number of anilines is 1. The van der Waals surface area contributed by atoms with Gasteiger partial charge in [-0.25, -0.2) is 13.8 Å². The minimum atomic E-state index is -4.65. The lowest BCUT2D eigenvalue weighted by Gasteiger charge is -2.25. The van der Waals surface area contributed by atoms with Gasteiger partial charge in [-0.3, -0.25) is 19.2 Å². The lowest BCUT2D eigenvalue weighted by Crippen LogP contribution is -2.40. The van der Waals surface area contributed by atoms with E-state index in [-0.39, 0.29) is 11.4 Å². The Morgan fingerprint density at radius 1 is 1.02 bits per heavy atom. The molecule has 0 atom stereocenters. The van der Waals surface area contributed by atoms with E-state index >= 15 is 0 Å². The third-order valence-electron chi connectivity index (χ3n) is 7.03. The zero-order chi connectivity index (χ0) is 32.2. The molecule has 44 heavy (non-hydrogen) atoms. The van der Waals surface area contributed by atoms with Crippen molar-refractivity contribution in [1.82, 2.24) is 9.99 Å². The average Bonchev–Trinajstić information content (AvgIpc) is 3.27. The van der Waals surface area contributed by atoms with Crippen molar-refractivity contribution in [3.05, 3.63) is 105 Å². The highest BCUT2D eigenvalue weighted by Gasteiger charge is 2.34. The Bertz CT molecular complexity index is 1870. The molecule has 4 rings (SSSR count). The molecule has 0 unspecified atom stereocenters. The Morgan fingerprint density at radius 2 is 1.75 bits per heavy atom. The largest absolute Gasteiger partial charge is 0.497 e. The molecule has 0 saturated heterocycles. The average molecular weight is 620 g/mol. The number of hydrazone groups is 1. The van der Waals surface area contributed by atoms with Gasteiger partial charge in [-0.1, -0.05) is 29.8 Å². The van der Waals surface area contributed by atoms with E-state index in [1.807, 2.05) is 45.9 Å². The number of hydrogen-bond donors (Lipinski definition) is 1. The van der Waals surface area contributed by atoms with E-state index in [0.29, 0.717) is 5.75 Å². The molecule has 0 bridgehead atoms. The van der Waals surface area contributed by atoms with Gasteiger partial charge < -0.3 is 14.0 Å². The Hall–Kier alpha value is -5.17. The van der Waals surface area contributed by atoms with E-state index in [4.69, 9.17) is 9.47 Å². The first-order valence-corrected chi connectivity index (χ1v) is 14.9. The molecule has 0 spiro atoms. The number of hydrogen-bond acceptors (Lipinski definition) is 8. The topological polar surface area (TPSA) is 145 Å². The number of rotatable bonds is 11. The van der Waals surface area contributed by atoms with E-state index in [2.05, 4.69) is 21.2 Å². The molecule has 4 aromatic rings. The number of amides is 1. The van der Waals surface area contributed by atoms with Crippen LogP contribution in [0.5, 0.6) is 11.5 Å². The molecule has 1 N–H and O–H groups in total. The van der Waals surface area contributed by atoms with Gasteiger partial charge in [-0.05, 0) is 63.6 Å². The smallest absolute Gasteiger partial charge is 0.289 e. The van der Waals surface area contributed by atoms with Crippen molar-refractivity contribution in [1.29, 1.82) is 0 Å². The van der Waals surface area contributed by atoms with Gasteiger partial charge in [-0.15, -0.1) is 0 Å². The van der Waals surface area contributed by atoms with Gasteiger partial charge in [0.05, 0.1) is 31.0 Å². The predicted molar refractivity (Wildman–Crippen MR) is 168 cm³/mol. The number of ether oxygens (including phenoxy) is 2. The molecule has 0 fully saturated rings. The van der Waals surface area contributed by atoms with Crippen LogP contribution in [-0.2, 0) is 14.8 Å². The summed E-state index contributed by atoms with van der Waals surface area (Å²) in [4.78, 5) is 23.5. The lowest BCUT2D eigenvalue weighted by molar-refractivity contribution is -0.387. The summed E-state index contributed by atoms with van der Waals surface area (Å²) in [5.74, 6) is -0.341. The van der Waals surface area contributed by atoms with Crippen LogP contribution in [0.3, 0.4) is 0 Å². The first-order valence-electron chi connectivity index (χ1n) is 13.5. The second-order valence-electron chi connectivity index (χ2n) is 10.0. The minimum Gasteiger partial charge on any atom is -0.497 e. The van der Waals surface area contributed by atoms with Crippen LogP contribution in [0.25, 0.3) is 5.69 Å². The number of para-hydroxylation sites is 1. The number of sulfonamides is 1. The molecule has 3 aromatic carbocycles. The molecule has 1 aromatic heterocycles. The number of aryl methyl sites for hydroxylation is 3. The van der Waals surface area contributed by atoms with Crippen molar-refractivity contribution in [2.75, 3.05) is 25.1 Å². The summed E-state index contributed by atoms with van der Waals surface area (Å²) in [5.41, 5.74) is 7.63. The molecule has 13 heteroatoms. The second kappa shape index (κ2) is 13.0. The quantitative estimate of drug-likeness (QED) is 0.142. The van der Waals surface area contributed by atoms with Gasteiger partial charge >= 0.3 is 0 Å². The zero-order valence-electron chi connectivity index (χ0n) is 25.2. The molecule has 12 nitrogen and oxygen atoms in total. The van der Waals surface area contributed by atoms with Crippen LogP contribution in [-0.4, -0.2) is 50.8 Å². The number of nitrogens with one attached hydrogen (secondary N) is 1. The molecule has 0 aliphatic rings. The fourth-order valence-corrected chi connectivity index (χ4v) is 6.51. The minimum absolute atomic E-state index is 0.0254. The van der Waals surface area contributed by atoms with Gasteiger partial charge in [0.25, 0.3) is 21.6 Å². The third-order valence-corrected chi connectivity index (χ3v) is 8.84. The predicted octanol–water partition coefficient (Wildman–Crippen LogP) is 4.98. The Kier molecular flexibility index (Phi) is 9.38. The third kappa shape index (κ3) is 6.42. The van der Waals surface area contributed by atoms with Crippen LogP contribution < -0.4 is 19.2 Å². The van der Waals surface area contributed by atoms with Crippen LogP contribution in [0.15, 0.2) is 76.7 Å². The first-order chi connectivity index (χ1) is 20.9. The van der Waals surface area contributed by atoms with Crippen molar-refractivity contribution >= 4 is 33.5 Å². The number of methoxy groups -OCH3 is 2. The van der Waals surface area contributed by atoms with Gasteiger partial charge in [0.2, 0.25) is 0 Å². The summed E-state index contributed by atoms with van der Waals surface area (Å²) in [6, 6.07) is 17.3. The first kappa shape index (κ1) is 31.8. The maximum absolute atomic E-state index is 13.9. The molecule has 1 amide bonds. The summed E-state index contributed by atoms with van der Waals surface area (Å²) in [6.45, 7) is 7.22. The summed E-state index contributed by atoms with van der Waals surface area (Å²) in [6.07, 6.45) is 1.48. The number of nitrogens with zero attached hydrogens (tertiary/aromatic N) is 4. The number of nitro groups is 1. The fraction of sp³-hybridized carbons (Fsp3) is 0.226. The maximum atomic E-state index is 13.9. The van der Waals surface area contributed by atoms with E-state index in [1.165, 1.54) is 50.8 Å². The highest BCUT2D eigenvalue weighted by molar-refractivity contribution is 7.93. The molecule has 230 valence electrons. The monoisotopic (exact) mass is 619 g/mol. The molecular formula is C31H33N5O7S. The van der Waals surface area contributed by atoms with E-state index < -0.39 is 38.0 Å². The summed E-state index contributed by atoms with van der Waals surface area (Å²) < 4.78 is 41.2. The van der Waals surface area contributed by atoms with E-state index in [0.717, 1.165) is 50.2 Å². The van der Waals surface area contributed by atoms with Crippen LogP contribution in [0.4, 0.5) is 11.4 Å². The lowest BCUT2D eigenvalue weighted by atomic mass is 10.1. The number of aromatic nitrogens is 1. The fourth-order valence-electron chi connectivity index (χ4n) is 4.92. The standard InChI is InChI=1S/C31H33N5O7S/c1-20-11-13-26(21(2)15-20)35-22(3)16-24(23(35)4)18-32-33-31(37)19-34(27-14-12-25(42-5)17-29(27)43-6)44(40,41)30-10-8-7-9-28(30)36(38)39/h7-18H,19H2,1-6H3,(H,33,37)/b32-18-. The van der Waals surface area contributed by atoms with Crippen LogP contribution in [0.2, 0.25) is 0 Å². The SMILES string of the molecule is COc1ccc(N(CC(=O)N/N=C\c2cc(C)n(-c3ccc(C)cc3C)c2C)S(=O)(=O)c2ccccc2[N+](=O)[O-])c(OC)c1. The van der Waals surface area contributed by atoms with Gasteiger partial charge in [0.1, 0.15) is 18.0 Å². The molecule has 0 radical (unpaired) electrons. The number of carbonyl (C=O) groups excluding carboxylic acids is 1. The van der Waals surface area contributed by atoms with Crippen molar-refractivity contribution in [3.8, 4) is 17.2 Å². The van der Waals surface area contributed by atoms with E-state index in [9.17, 15) is 23.3 Å². The summed E-state index contributed by atoms with van der Waals surface area (Å²) in [7, 11) is -1.89. The molecule has 0 saturated carbocycles. The van der Waals surface area contributed by atoms with Crippen LogP contribution in [0, 0.1) is 37.8 Å². The number of carbonyl (C=O) groups is 1. The van der Waals surface area contributed by atoms with E-state index in [1.54, 1.807) is 0 Å². The van der Waals surface area contributed by atoms with Crippen LogP contribution >= 0.6 is 0 Å². The summed E-state index contributed by atoms with van der Waals surface area (Å²) in [5, 5.41) is 15.8. The molecule has 1 heterocycles. The maximum Gasteiger partial charge on any atom is 0.289 e. The Balaban J connectivity index is 1.66. The van der Waals surface area contributed by atoms with Crippen molar-refractivity contribution in [2.45, 2.75) is 32.6 Å². The highest BCUT2D eigenvalue weighted by atomic mass is 32.2. The molecule has 0 aliphatic heterocycles.